The highest BCUT2D eigenvalue weighted by Crippen LogP contribution is 2.10. The summed E-state index contributed by atoms with van der Waals surface area (Å²) in [5.74, 6) is 0. The minimum Gasteiger partial charge on any atom is -0.382 e. The molecule has 0 amide bonds. The first-order chi connectivity index (χ1) is 6.64. The van der Waals surface area contributed by atoms with Crippen molar-refractivity contribution in [2.75, 3.05) is 0 Å². The number of hydrogen-bond acceptors (Lipinski definition) is 1. The fraction of sp³-hybridized carbons (Fsp3) is 0.231. The predicted molar refractivity (Wildman–Crippen MR) is 60.9 cm³/mol. The van der Waals surface area contributed by atoms with Gasteiger partial charge in [0.2, 0.25) is 0 Å². The first-order valence-electron chi connectivity index (χ1n) is 4.74. The smallest absolute Gasteiger partial charge is 0.0983 e. The lowest BCUT2D eigenvalue weighted by Gasteiger charge is -2.12. The summed E-state index contributed by atoms with van der Waals surface area (Å²) in [4.78, 5) is 0. The van der Waals surface area contributed by atoms with E-state index in [1.54, 1.807) is 19.1 Å². The number of aliphatic hydroxyl groups is 1. The molecule has 1 unspecified atom stereocenters. The van der Waals surface area contributed by atoms with Crippen LogP contribution in [-0.2, 0) is 0 Å². The molecule has 1 nitrogen and oxygen atoms in total. The highest BCUT2D eigenvalue weighted by Gasteiger charge is 2.09. The number of rotatable bonds is 3. The summed E-state index contributed by atoms with van der Waals surface area (Å²) in [6.07, 6.45) is 7.30. The fourth-order valence-electron chi connectivity index (χ4n) is 1.22. The fourth-order valence-corrected chi connectivity index (χ4v) is 1.22. The van der Waals surface area contributed by atoms with Gasteiger partial charge in [-0.15, -0.1) is 0 Å². The molecular formula is C13H16O. The Balaban J connectivity index is 2.74. The molecule has 1 atom stereocenters. The van der Waals surface area contributed by atoms with Crippen LogP contribution in [0.1, 0.15) is 19.4 Å². The maximum atomic E-state index is 9.80. The normalized spacial score (nSPS) is 16.2. The molecule has 1 N–H and O–H groups in total. The second-order valence-electron chi connectivity index (χ2n) is 3.47. The first-order valence-corrected chi connectivity index (χ1v) is 4.74. The summed E-state index contributed by atoms with van der Waals surface area (Å²) in [6, 6.07) is 9.93. The van der Waals surface area contributed by atoms with Crippen LogP contribution in [0, 0.1) is 0 Å². The lowest BCUT2D eigenvalue weighted by molar-refractivity contribution is 0.165. The predicted octanol–water partition coefficient (Wildman–Crippen LogP) is 3.03. The van der Waals surface area contributed by atoms with Crippen molar-refractivity contribution in [1.29, 1.82) is 0 Å². The highest BCUT2D eigenvalue weighted by atomic mass is 16.3. The van der Waals surface area contributed by atoms with E-state index in [-0.39, 0.29) is 0 Å². The van der Waals surface area contributed by atoms with Gasteiger partial charge in [0.05, 0.1) is 5.60 Å². The molecule has 0 aliphatic heterocycles. The van der Waals surface area contributed by atoms with E-state index in [1.807, 2.05) is 49.4 Å². The summed E-state index contributed by atoms with van der Waals surface area (Å²) in [5.41, 5.74) is 0.238. The van der Waals surface area contributed by atoms with Gasteiger partial charge in [0.15, 0.2) is 0 Å². The zero-order valence-electron chi connectivity index (χ0n) is 8.64. The molecule has 1 aromatic rings. The van der Waals surface area contributed by atoms with Crippen LogP contribution in [0.2, 0.25) is 0 Å². The summed E-state index contributed by atoms with van der Waals surface area (Å²) in [6.45, 7) is 3.65. The van der Waals surface area contributed by atoms with E-state index in [0.717, 1.165) is 5.56 Å². The van der Waals surface area contributed by atoms with Crippen LogP contribution in [0.4, 0.5) is 0 Å². The molecule has 0 spiro atoms. The van der Waals surface area contributed by atoms with E-state index in [1.165, 1.54) is 0 Å². The van der Waals surface area contributed by atoms with Crippen molar-refractivity contribution >= 4 is 6.08 Å². The molecule has 0 aliphatic carbocycles. The molecule has 74 valence electrons. The van der Waals surface area contributed by atoms with Crippen LogP contribution in [-0.4, -0.2) is 10.7 Å². The number of allylic oxidation sites excluding steroid dienone is 1. The van der Waals surface area contributed by atoms with Crippen molar-refractivity contribution in [3.05, 3.63) is 54.1 Å². The molecule has 14 heavy (non-hydrogen) atoms. The number of benzene rings is 1. The van der Waals surface area contributed by atoms with Crippen LogP contribution in [0.5, 0.6) is 0 Å². The van der Waals surface area contributed by atoms with E-state index < -0.39 is 5.60 Å². The maximum Gasteiger partial charge on any atom is 0.0983 e. The maximum absolute atomic E-state index is 9.80. The van der Waals surface area contributed by atoms with Gasteiger partial charge in [-0.05, 0) is 25.5 Å². The Kier molecular flexibility index (Phi) is 3.66. The monoisotopic (exact) mass is 188 g/mol. The van der Waals surface area contributed by atoms with Gasteiger partial charge in [-0.1, -0.05) is 48.6 Å². The first kappa shape index (κ1) is 10.7. The van der Waals surface area contributed by atoms with E-state index >= 15 is 0 Å². The van der Waals surface area contributed by atoms with Gasteiger partial charge in [-0.2, -0.15) is 0 Å². The molecule has 0 heterocycles. The zero-order chi connectivity index (χ0) is 10.4. The van der Waals surface area contributed by atoms with Gasteiger partial charge < -0.3 is 5.11 Å². The molecule has 0 aromatic heterocycles. The Morgan fingerprint density at radius 2 is 1.79 bits per heavy atom. The molecule has 0 fully saturated rings. The van der Waals surface area contributed by atoms with Gasteiger partial charge in [0.1, 0.15) is 0 Å². The van der Waals surface area contributed by atoms with E-state index in [2.05, 4.69) is 0 Å². The van der Waals surface area contributed by atoms with Crippen molar-refractivity contribution in [3.63, 3.8) is 0 Å². The Hall–Kier alpha value is -1.34. The standard InChI is InChI=1S/C13H16O/c1-3-10-13(2,14)11-9-12-7-5-4-6-8-12/h3-11,14H,1-2H3/b10-3+,11-9+. The minimum absolute atomic E-state index is 0.857. The largest absolute Gasteiger partial charge is 0.382 e. The third-order valence-corrected chi connectivity index (χ3v) is 1.92. The van der Waals surface area contributed by atoms with Crippen molar-refractivity contribution < 1.29 is 5.11 Å². The average molecular weight is 188 g/mol. The molecule has 0 radical (unpaired) electrons. The van der Waals surface area contributed by atoms with E-state index in [9.17, 15) is 5.11 Å². The van der Waals surface area contributed by atoms with Crippen LogP contribution in [0.3, 0.4) is 0 Å². The summed E-state index contributed by atoms with van der Waals surface area (Å²) >= 11 is 0. The molecular weight excluding hydrogens is 172 g/mol. The molecule has 1 aromatic carbocycles. The Morgan fingerprint density at radius 1 is 1.14 bits per heavy atom. The average Bonchev–Trinajstić information content (AvgIpc) is 2.17. The Bertz CT molecular complexity index is 320. The molecule has 0 bridgehead atoms. The van der Waals surface area contributed by atoms with Gasteiger partial charge >= 0.3 is 0 Å². The topological polar surface area (TPSA) is 20.2 Å². The summed E-state index contributed by atoms with van der Waals surface area (Å²) in [5, 5.41) is 9.80. The second-order valence-corrected chi connectivity index (χ2v) is 3.47. The van der Waals surface area contributed by atoms with Crippen LogP contribution < -0.4 is 0 Å². The summed E-state index contributed by atoms with van der Waals surface area (Å²) in [7, 11) is 0. The van der Waals surface area contributed by atoms with Gasteiger partial charge in [0, 0.05) is 0 Å². The lowest BCUT2D eigenvalue weighted by atomic mass is 10.0. The molecule has 0 aliphatic rings. The Labute approximate surface area is 85.4 Å². The summed E-state index contributed by atoms with van der Waals surface area (Å²) < 4.78 is 0. The molecule has 1 heteroatoms. The quantitative estimate of drug-likeness (QED) is 0.723. The van der Waals surface area contributed by atoms with Gasteiger partial charge in [-0.25, -0.2) is 0 Å². The Morgan fingerprint density at radius 3 is 2.36 bits per heavy atom. The van der Waals surface area contributed by atoms with Crippen LogP contribution in [0.15, 0.2) is 48.6 Å². The van der Waals surface area contributed by atoms with Crippen LogP contribution in [0.25, 0.3) is 6.08 Å². The van der Waals surface area contributed by atoms with E-state index in [0.29, 0.717) is 0 Å². The van der Waals surface area contributed by atoms with Crippen molar-refractivity contribution in [2.45, 2.75) is 19.4 Å². The van der Waals surface area contributed by atoms with Gasteiger partial charge in [0.25, 0.3) is 0 Å². The van der Waals surface area contributed by atoms with Crippen molar-refractivity contribution in [3.8, 4) is 0 Å². The molecule has 1 rings (SSSR count). The third-order valence-electron chi connectivity index (χ3n) is 1.92. The van der Waals surface area contributed by atoms with Crippen molar-refractivity contribution in [1.82, 2.24) is 0 Å². The van der Waals surface area contributed by atoms with Crippen molar-refractivity contribution in [2.24, 2.45) is 0 Å². The lowest BCUT2D eigenvalue weighted by Crippen LogP contribution is -2.15. The highest BCUT2D eigenvalue weighted by molar-refractivity contribution is 5.50. The molecule has 0 saturated heterocycles. The minimum atomic E-state index is -0.857. The SMILES string of the molecule is C/C=C/C(C)(O)/C=C/c1ccccc1. The van der Waals surface area contributed by atoms with E-state index in [4.69, 9.17) is 0 Å². The third kappa shape index (κ3) is 3.58. The molecule has 0 saturated carbocycles. The second kappa shape index (κ2) is 4.77. The van der Waals surface area contributed by atoms with Gasteiger partial charge in [-0.3, -0.25) is 0 Å². The number of hydrogen-bond donors (Lipinski definition) is 1. The zero-order valence-corrected chi connectivity index (χ0v) is 8.64. The van der Waals surface area contributed by atoms with Crippen LogP contribution >= 0.6 is 0 Å².